The Labute approximate surface area is 162 Å². The van der Waals surface area contributed by atoms with Crippen LogP contribution in [0.15, 0.2) is 35.4 Å². The van der Waals surface area contributed by atoms with Crippen molar-refractivity contribution in [3.05, 3.63) is 56.5 Å². The molecule has 0 bridgehead atoms. The lowest BCUT2D eigenvalue weighted by Gasteiger charge is -2.13. The number of hydrazone groups is 1. The quantitative estimate of drug-likeness (QED) is 0.464. The number of nitrogens with one attached hydrogen (secondary N) is 1. The van der Waals surface area contributed by atoms with Gasteiger partial charge in [-0.05, 0) is 43.7 Å². The molecule has 0 radical (unpaired) electrons. The monoisotopic (exact) mass is 400 g/mol. The minimum atomic E-state index is 0.415. The first-order valence-corrected chi connectivity index (χ1v) is 8.98. The van der Waals surface area contributed by atoms with Gasteiger partial charge in [0, 0.05) is 15.6 Å². The van der Waals surface area contributed by atoms with E-state index in [1.165, 1.54) is 0 Å². The Bertz CT molecular complexity index is 731. The zero-order valence-electron chi connectivity index (χ0n) is 14.0. The second kappa shape index (κ2) is 9.76. The van der Waals surface area contributed by atoms with Crippen LogP contribution in [-0.2, 0) is 6.54 Å². The van der Waals surface area contributed by atoms with E-state index in [1.807, 2.05) is 19.9 Å². The smallest absolute Gasteiger partial charge is 0.179 e. The first kappa shape index (κ1) is 19.7. The van der Waals surface area contributed by atoms with E-state index in [0.29, 0.717) is 46.3 Å². The van der Waals surface area contributed by atoms with Gasteiger partial charge >= 0.3 is 0 Å². The molecule has 2 aromatic carbocycles. The van der Waals surface area contributed by atoms with Crippen LogP contribution in [0.25, 0.3) is 0 Å². The molecular weight excluding hydrogens is 383 g/mol. The summed E-state index contributed by atoms with van der Waals surface area (Å²) >= 11 is 18.5. The van der Waals surface area contributed by atoms with Crippen LogP contribution in [0, 0.1) is 0 Å². The van der Waals surface area contributed by atoms with Crippen LogP contribution in [0.1, 0.15) is 25.0 Å². The van der Waals surface area contributed by atoms with Crippen LogP contribution in [0.3, 0.4) is 0 Å². The van der Waals surface area contributed by atoms with Crippen LogP contribution >= 0.6 is 34.8 Å². The topological polar surface area (TPSA) is 42.8 Å². The van der Waals surface area contributed by atoms with Crippen molar-refractivity contribution >= 4 is 41.0 Å². The highest BCUT2D eigenvalue weighted by atomic mass is 35.5. The first-order valence-electron chi connectivity index (χ1n) is 7.84. The summed E-state index contributed by atoms with van der Waals surface area (Å²) in [6.07, 6.45) is 1.65. The molecule has 0 amide bonds. The summed E-state index contributed by atoms with van der Waals surface area (Å²) in [6, 6.07) is 8.97. The average molecular weight is 402 g/mol. The summed E-state index contributed by atoms with van der Waals surface area (Å²) in [4.78, 5) is 0. The van der Waals surface area contributed by atoms with Gasteiger partial charge in [0.1, 0.15) is 0 Å². The molecule has 1 N–H and O–H groups in total. The normalized spacial score (nSPS) is 10.9. The number of hydrogen-bond acceptors (Lipinski definition) is 4. The van der Waals surface area contributed by atoms with Gasteiger partial charge in [0.15, 0.2) is 11.5 Å². The number of hydrogen-bond donors (Lipinski definition) is 1. The number of halogens is 3. The molecule has 0 aliphatic rings. The van der Waals surface area contributed by atoms with E-state index < -0.39 is 0 Å². The molecule has 134 valence electrons. The number of rotatable bonds is 8. The average Bonchev–Trinajstić information content (AvgIpc) is 2.57. The lowest BCUT2D eigenvalue weighted by molar-refractivity contribution is 0.288. The number of ether oxygens (including phenoxy) is 2. The molecule has 0 aliphatic heterocycles. The van der Waals surface area contributed by atoms with Crippen LogP contribution in [0.2, 0.25) is 15.1 Å². The van der Waals surface area contributed by atoms with Gasteiger partial charge in [-0.3, -0.25) is 0 Å². The molecule has 25 heavy (non-hydrogen) atoms. The van der Waals surface area contributed by atoms with Crippen molar-refractivity contribution in [2.24, 2.45) is 5.10 Å². The Balaban J connectivity index is 2.10. The van der Waals surface area contributed by atoms with E-state index >= 15 is 0 Å². The van der Waals surface area contributed by atoms with Crippen LogP contribution in [0.4, 0.5) is 0 Å². The van der Waals surface area contributed by atoms with Crippen LogP contribution in [0.5, 0.6) is 11.5 Å². The third-order valence-electron chi connectivity index (χ3n) is 3.24. The summed E-state index contributed by atoms with van der Waals surface area (Å²) in [6.45, 7) is 5.23. The minimum Gasteiger partial charge on any atom is -0.490 e. The summed E-state index contributed by atoms with van der Waals surface area (Å²) in [5.74, 6) is 1.13. The second-order valence-electron chi connectivity index (χ2n) is 4.99. The highest BCUT2D eigenvalue weighted by Gasteiger charge is 2.11. The zero-order valence-corrected chi connectivity index (χ0v) is 16.3. The van der Waals surface area contributed by atoms with Crippen molar-refractivity contribution in [1.29, 1.82) is 0 Å². The molecule has 0 saturated heterocycles. The highest BCUT2D eigenvalue weighted by Crippen LogP contribution is 2.36. The number of nitrogens with zero attached hydrogens (tertiary/aromatic N) is 1. The van der Waals surface area contributed by atoms with E-state index in [4.69, 9.17) is 44.3 Å². The highest BCUT2D eigenvalue weighted by molar-refractivity contribution is 6.36. The lowest BCUT2D eigenvalue weighted by atomic mass is 10.2. The van der Waals surface area contributed by atoms with E-state index in [1.54, 1.807) is 30.5 Å². The maximum atomic E-state index is 6.28. The predicted octanol–water partition coefficient (Wildman–Crippen LogP) is 5.57. The van der Waals surface area contributed by atoms with Crippen molar-refractivity contribution in [2.45, 2.75) is 20.4 Å². The Morgan fingerprint density at radius 3 is 2.32 bits per heavy atom. The Morgan fingerprint density at radius 1 is 1.00 bits per heavy atom. The zero-order chi connectivity index (χ0) is 18.2. The predicted molar refractivity (Wildman–Crippen MR) is 105 cm³/mol. The fraction of sp³-hybridized carbons (Fsp3) is 0.278. The van der Waals surface area contributed by atoms with Gasteiger partial charge in [0.05, 0.1) is 31.0 Å². The Kier molecular flexibility index (Phi) is 7.69. The molecule has 0 heterocycles. The van der Waals surface area contributed by atoms with Gasteiger partial charge in [-0.2, -0.15) is 5.10 Å². The molecule has 0 spiro atoms. The van der Waals surface area contributed by atoms with Crippen LogP contribution in [-0.4, -0.2) is 19.4 Å². The first-order chi connectivity index (χ1) is 12.1. The molecule has 0 aromatic heterocycles. The molecule has 2 aromatic rings. The molecular formula is C18H19Cl3N2O2. The lowest BCUT2D eigenvalue weighted by Crippen LogP contribution is -2.07. The molecule has 4 nitrogen and oxygen atoms in total. The van der Waals surface area contributed by atoms with E-state index in [-0.39, 0.29) is 0 Å². The molecule has 2 rings (SSSR count). The van der Waals surface area contributed by atoms with Crippen molar-refractivity contribution in [3.8, 4) is 11.5 Å². The van der Waals surface area contributed by atoms with E-state index in [0.717, 1.165) is 11.1 Å². The maximum Gasteiger partial charge on any atom is 0.179 e. The molecule has 7 heteroatoms. The summed E-state index contributed by atoms with van der Waals surface area (Å²) in [5.41, 5.74) is 4.51. The van der Waals surface area contributed by atoms with E-state index in [2.05, 4.69) is 10.5 Å². The van der Waals surface area contributed by atoms with Gasteiger partial charge in [-0.1, -0.05) is 40.9 Å². The third-order valence-corrected chi connectivity index (χ3v) is 4.23. The molecule has 0 aliphatic carbocycles. The Hall–Kier alpha value is -1.62. The number of benzene rings is 2. The Morgan fingerprint density at radius 2 is 1.68 bits per heavy atom. The fourth-order valence-corrected chi connectivity index (χ4v) is 2.96. The second-order valence-corrected chi connectivity index (χ2v) is 6.21. The molecule has 0 unspecified atom stereocenters. The third kappa shape index (κ3) is 5.43. The minimum absolute atomic E-state index is 0.415. The van der Waals surface area contributed by atoms with Gasteiger partial charge in [-0.15, -0.1) is 0 Å². The van der Waals surface area contributed by atoms with Crippen molar-refractivity contribution in [2.75, 3.05) is 13.2 Å². The van der Waals surface area contributed by atoms with Gasteiger partial charge in [0.25, 0.3) is 0 Å². The van der Waals surface area contributed by atoms with E-state index in [9.17, 15) is 0 Å². The standard InChI is InChI=1S/C18H19Cl3N2O2/c1-3-24-17-9-12(8-16(21)18(17)25-4-2)10-22-23-11-13-14(19)6-5-7-15(13)20/h5-10,23H,3-4,11H2,1-2H3/b22-10-. The van der Waals surface area contributed by atoms with Crippen molar-refractivity contribution in [3.63, 3.8) is 0 Å². The molecule has 0 atom stereocenters. The summed E-state index contributed by atoms with van der Waals surface area (Å²) in [5, 5.41) is 5.86. The van der Waals surface area contributed by atoms with Crippen LogP contribution < -0.4 is 14.9 Å². The van der Waals surface area contributed by atoms with Gasteiger partial charge in [0.2, 0.25) is 0 Å². The van der Waals surface area contributed by atoms with Crippen molar-refractivity contribution in [1.82, 2.24) is 5.43 Å². The molecule has 0 saturated carbocycles. The molecule has 0 fully saturated rings. The fourth-order valence-electron chi connectivity index (χ4n) is 2.16. The maximum absolute atomic E-state index is 6.28. The van der Waals surface area contributed by atoms with Gasteiger partial charge in [-0.25, -0.2) is 0 Å². The summed E-state index contributed by atoms with van der Waals surface area (Å²) < 4.78 is 11.1. The largest absolute Gasteiger partial charge is 0.490 e. The SMILES string of the molecule is CCOc1cc(/C=N\NCc2c(Cl)cccc2Cl)cc(Cl)c1OCC. The summed E-state index contributed by atoms with van der Waals surface area (Å²) in [7, 11) is 0. The van der Waals surface area contributed by atoms with Gasteiger partial charge < -0.3 is 14.9 Å². The van der Waals surface area contributed by atoms with Crippen molar-refractivity contribution < 1.29 is 9.47 Å².